The first-order chi connectivity index (χ1) is 25.0. The molecule has 0 aliphatic rings. The van der Waals surface area contributed by atoms with Crippen LogP contribution in [-0.4, -0.2) is 65.3 Å². The Morgan fingerprint density at radius 3 is 2.16 bits per heavy atom. The fraction of sp³-hybridized carbons (Fsp3) is 0.512. The number of aromatic nitrogens is 4. The third kappa shape index (κ3) is 14.0. The van der Waals surface area contributed by atoms with E-state index in [1.165, 1.54) is 38.5 Å². The molecular formula is C41H56N4O3S3. The Morgan fingerprint density at radius 2 is 1.39 bits per heavy atom. The minimum Gasteiger partial charge on any atom is -0.483 e. The molecule has 0 saturated carbocycles. The van der Waals surface area contributed by atoms with Crippen molar-refractivity contribution in [3.8, 4) is 16.8 Å². The number of para-hydroxylation sites is 1. The van der Waals surface area contributed by atoms with Crippen LogP contribution in [0.1, 0.15) is 109 Å². The lowest BCUT2D eigenvalue weighted by Crippen LogP contribution is -2.26. The normalized spacial score (nSPS) is 13.2. The summed E-state index contributed by atoms with van der Waals surface area (Å²) in [6.45, 7) is 5.05. The highest BCUT2D eigenvalue weighted by atomic mass is 32.2. The summed E-state index contributed by atoms with van der Waals surface area (Å²) in [5.41, 5.74) is 3.91. The molecule has 3 unspecified atom stereocenters. The van der Waals surface area contributed by atoms with Gasteiger partial charge in [0, 0.05) is 21.5 Å². The molecule has 4 aromatic rings. The van der Waals surface area contributed by atoms with Crippen molar-refractivity contribution >= 4 is 40.8 Å². The van der Waals surface area contributed by atoms with E-state index < -0.39 is 12.2 Å². The lowest BCUT2D eigenvalue weighted by molar-refractivity contribution is 0.120. The summed E-state index contributed by atoms with van der Waals surface area (Å²) >= 11 is 8.88. The van der Waals surface area contributed by atoms with Gasteiger partial charge in [-0.1, -0.05) is 144 Å². The van der Waals surface area contributed by atoms with Crippen molar-refractivity contribution in [3.05, 3.63) is 84.4 Å². The Kier molecular flexibility index (Phi) is 19.1. The van der Waals surface area contributed by atoms with E-state index in [4.69, 9.17) is 17.0 Å². The summed E-state index contributed by atoms with van der Waals surface area (Å²) in [7, 11) is 0. The quantitative estimate of drug-likeness (QED) is 0.0390. The highest BCUT2D eigenvalue weighted by Crippen LogP contribution is 2.35. The smallest absolute Gasteiger partial charge is 0.214 e. The summed E-state index contributed by atoms with van der Waals surface area (Å²) in [6, 6.07) is 26.2. The van der Waals surface area contributed by atoms with E-state index in [0.29, 0.717) is 35.4 Å². The van der Waals surface area contributed by atoms with Crippen molar-refractivity contribution in [3.63, 3.8) is 0 Å². The van der Waals surface area contributed by atoms with Crippen molar-refractivity contribution in [2.75, 3.05) is 12.4 Å². The minimum atomic E-state index is -0.599. The van der Waals surface area contributed by atoms with E-state index in [2.05, 4.69) is 47.6 Å². The van der Waals surface area contributed by atoms with Crippen molar-refractivity contribution in [2.24, 2.45) is 0 Å². The predicted octanol–water partition coefficient (Wildman–Crippen LogP) is 10.5. The molecule has 0 saturated heterocycles. The summed E-state index contributed by atoms with van der Waals surface area (Å²) in [5, 5.41) is 36.3. The van der Waals surface area contributed by atoms with Crippen LogP contribution in [0.2, 0.25) is 0 Å². The fourth-order valence-corrected chi connectivity index (χ4v) is 8.53. The maximum atomic E-state index is 11.5. The molecule has 2 N–H and O–H groups in total. The monoisotopic (exact) mass is 748 g/mol. The van der Waals surface area contributed by atoms with Crippen LogP contribution in [0.25, 0.3) is 16.8 Å². The highest BCUT2D eigenvalue weighted by Gasteiger charge is 2.25. The predicted molar refractivity (Wildman–Crippen MR) is 217 cm³/mol. The number of aliphatic hydroxyl groups is 2. The molecule has 3 atom stereocenters. The number of tetrazole rings is 1. The molecule has 0 aliphatic carbocycles. The van der Waals surface area contributed by atoms with Gasteiger partial charge in [0.2, 0.25) is 5.16 Å². The summed E-state index contributed by atoms with van der Waals surface area (Å²) < 4.78 is 7.71. The molecule has 51 heavy (non-hydrogen) atoms. The first-order valence-electron chi connectivity index (χ1n) is 18.9. The Morgan fingerprint density at radius 1 is 0.745 bits per heavy atom. The van der Waals surface area contributed by atoms with E-state index in [0.717, 1.165) is 65.8 Å². The van der Waals surface area contributed by atoms with Crippen LogP contribution in [0.5, 0.6) is 0 Å². The largest absolute Gasteiger partial charge is 0.483 e. The second kappa shape index (κ2) is 23.7. The number of aliphatic hydroxyl groups excluding tert-OH is 2. The molecule has 276 valence electrons. The number of ether oxygens (including phenoxy) is 1. The second-order valence-corrected chi connectivity index (χ2v) is 15.8. The second-order valence-electron chi connectivity index (χ2n) is 13.1. The Balaban J connectivity index is 1.35. The molecule has 0 bridgehead atoms. The van der Waals surface area contributed by atoms with Crippen LogP contribution in [-0.2, 0) is 4.74 Å². The number of thioether (sulfide) groups is 2. The van der Waals surface area contributed by atoms with Gasteiger partial charge in [0.05, 0.1) is 24.5 Å². The molecule has 0 amide bonds. The first-order valence-corrected chi connectivity index (χ1v) is 21.1. The Bertz CT molecular complexity index is 1550. The average molecular weight is 749 g/mol. The van der Waals surface area contributed by atoms with E-state index in [9.17, 15) is 10.2 Å². The average Bonchev–Trinajstić information content (AvgIpc) is 3.64. The Hall–Kier alpha value is -2.76. The van der Waals surface area contributed by atoms with Crippen LogP contribution < -0.4 is 0 Å². The van der Waals surface area contributed by atoms with Crippen molar-refractivity contribution in [1.29, 1.82) is 0 Å². The summed E-state index contributed by atoms with van der Waals surface area (Å²) in [4.78, 5) is 1.08. The van der Waals surface area contributed by atoms with Crippen LogP contribution in [0.15, 0.2) is 88.9 Å². The number of nitrogens with zero attached hydrogens (tertiary/aromatic N) is 4. The van der Waals surface area contributed by atoms with E-state index in [-0.39, 0.29) is 5.25 Å². The molecule has 0 radical (unpaired) electrons. The zero-order chi connectivity index (χ0) is 36.1. The van der Waals surface area contributed by atoms with Crippen molar-refractivity contribution < 1.29 is 14.9 Å². The van der Waals surface area contributed by atoms with Gasteiger partial charge in [0.15, 0.2) is 5.05 Å². The molecule has 4 rings (SSSR count). The number of unbranched alkanes of at least 4 members (excludes halogenated alkanes) is 9. The number of hydrogen-bond acceptors (Lipinski definition) is 9. The third-order valence-electron chi connectivity index (χ3n) is 9.00. The van der Waals surface area contributed by atoms with Gasteiger partial charge in [-0.25, -0.2) is 0 Å². The summed E-state index contributed by atoms with van der Waals surface area (Å²) in [6.07, 6.45) is 13.8. The lowest BCUT2D eigenvalue weighted by atomic mass is 10.00. The third-order valence-corrected chi connectivity index (χ3v) is 11.9. The number of benzene rings is 3. The van der Waals surface area contributed by atoms with Crippen molar-refractivity contribution in [1.82, 2.24) is 20.2 Å². The molecule has 1 aromatic heterocycles. The number of thiocarbonyl (C=S) groups is 1. The zero-order valence-electron chi connectivity index (χ0n) is 30.4. The lowest BCUT2D eigenvalue weighted by Gasteiger charge is -2.23. The van der Waals surface area contributed by atoms with E-state index in [1.807, 2.05) is 60.7 Å². The summed E-state index contributed by atoms with van der Waals surface area (Å²) in [5.74, 6) is 0.520. The van der Waals surface area contributed by atoms with Gasteiger partial charge in [-0.05, 0) is 83.7 Å². The SMILES string of the molecule is CCCCCCCCCCC(Sc1nnnn1-c1ccccc1)C(O)CCC(O)CSc1ccccc1-c1ccccc1C(=S)OCCCCC. The van der Waals surface area contributed by atoms with Gasteiger partial charge >= 0.3 is 0 Å². The maximum Gasteiger partial charge on any atom is 0.214 e. The molecule has 7 nitrogen and oxygen atoms in total. The maximum absolute atomic E-state index is 11.5. The number of hydrogen-bond donors (Lipinski definition) is 2. The highest BCUT2D eigenvalue weighted by molar-refractivity contribution is 8.00. The van der Waals surface area contributed by atoms with E-state index in [1.54, 1.807) is 28.2 Å². The first kappa shape index (κ1) is 41.0. The molecular weight excluding hydrogens is 693 g/mol. The van der Waals surface area contributed by atoms with Crippen LogP contribution in [0, 0.1) is 0 Å². The van der Waals surface area contributed by atoms with Gasteiger partial charge in [-0.15, -0.1) is 16.9 Å². The topological polar surface area (TPSA) is 93.3 Å². The zero-order valence-corrected chi connectivity index (χ0v) is 32.8. The molecule has 0 aliphatic heterocycles. The van der Waals surface area contributed by atoms with E-state index >= 15 is 0 Å². The molecule has 1 heterocycles. The van der Waals surface area contributed by atoms with Gasteiger partial charge < -0.3 is 14.9 Å². The van der Waals surface area contributed by atoms with Gasteiger partial charge in [0.25, 0.3) is 0 Å². The molecule has 10 heteroatoms. The van der Waals surface area contributed by atoms with Gasteiger partial charge in [0.1, 0.15) is 0 Å². The number of rotatable bonds is 25. The van der Waals surface area contributed by atoms with Crippen LogP contribution in [0.4, 0.5) is 0 Å². The minimum absolute atomic E-state index is 0.0799. The molecule has 0 spiro atoms. The molecule has 0 fully saturated rings. The van der Waals surface area contributed by atoms with Crippen LogP contribution >= 0.6 is 35.7 Å². The van der Waals surface area contributed by atoms with Gasteiger partial charge in [-0.2, -0.15) is 4.68 Å². The Labute approximate surface area is 319 Å². The van der Waals surface area contributed by atoms with Crippen molar-refractivity contribution in [2.45, 2.75) is 131 Å². The van der Waals surface area contributed by atoms with Crippen LogP contribution in [0.3, 0.4) is 0 Å². The standard InChI is InChI=1S/C41H56N4O3S3/c1-3-5-7-8-9-10-11-15-27-39(51-41-42-43-44-45(41)32-21-13-12-14-22-32)37(47)29-28-33(46)31-50-38-26-19-18-24-35(38)34-23-16-17-25-36(34)40(49)48-30-20-6-4-2/h12-14,16-19,21-26,33,37,39,46-47H,3-11,15,20,27-31H2,1-2H3. The molecule has 3 aromatic carbocycles. The fourth-order valence-electron chi connectivity index (χ4n) is 6.05. The van der Waals surface area contributed by atoms with Gasteiger partial charge in [-0.3, -0.25) is 0 Å².